The minimum absolute atomic E-state index is 0.0595. The molecular weight excluding hydrogens is 374 g/mol. The van der Waals surface area contributed by atoms with Crippen LogP contribution in [0.5, 0.6) is 11.5 Å². The summed E-state index contributed by atoms with van der Waals surface area (Å²) < 4.78 is 21.1. The zero-order valence-electron chi connectivity index (χ0n) is 14.8. The van der Waals surface area contributed by atoms with Gasteiger partial charge in [0.15, 0.2) is 16.9 Å². The molecule has 1 aromatic carbocycles. The SMILES string of the molecule is COC(=O)c1ccc(COc2cc([C@@H]3[NH2+][C@H](C(=O)[O-])CS3)ccc2OC)o1. The number of thioether (sulfide) groups is 1. The second-order valence-electron chi connectivity index (χ2n) is 5.83. The summed E-state index contributed by atoms with van der Waals surface area (Å²) in [5, 5.41) is 12.7. The van der Waals surface area contributed by atoms with Gasteiger partial charge in [-0.1, -0.05) is 11.8 Å². The van der Waals surface area contributed by atoms with Crippen molar-refractivity contribution in [3.8, 4) is 11.5 Å². The largest absolute Gasteiger partial charge is 0.544 e. The van der Waals surface area contributed by atoms with Crippen LogP contribution in [0.15, 0.2) is 34.7 Å². The lowest BCUT2D eigenvalue weighted by molar-refractivity contribution is -0.690. The van der Waals surface area contributed by atoms with Crippen molar-refractivity contribution in [1.29, 1.82) is 0 Å². The van der Waals surface area contributed by atoms with Crippen molar-refractivity contribution < 1.29 is 38.6 Å². The predicted molar refractivity (Wildman–Crippen MR) is 93.3 cm³/mol. The number of carboxylic acids is 1. The summed E-state index contributed by atoms with van der Waals surface area (Å²) in [6, 6.07) is 8.05. The minimum Gasteiger partial charge on any atom is -0.544 e. The number of methoxy groups -OCH3 is 2. The molecule has 1 aliphatic heterocycles. The third-order valence-electron chi connectivity index (χ3n) is 4.10. The normalized spacial score (nSPS) is 18.9. The van der Waals surface area contributed by atoms with E-state index in [4.69, 9.17) is 13.9 Å². The summed E-state index contributed by atoms with van der Waals surface area (Å²) in [4.78, 5) is 22.5. The van der Waals surface area contributed by atoms with E-state index in [1.807, 2.05) is 12.1 Å². The molecule has 1 aliphatic rings. The van der Waals surface area contributed by atoms with Crippen molar-refractivity contribution in [3.05, 3.63) is 47.4 Å². The van der Waals surface area contributed by atoms with Gasteiger partial charge in [-0.2, -0.15) is 0 Å². The first-order chi connectivity index (χ1) is 13.0. The molecule has 3 rings (SSSR count). The zero-order valence-corrected chi connectivity index (χ0v) is 15.6. The molecule has 0 saturated carbocycles. The number of furan rings is 1. The molecule has 1 fully saturated rings. The van der Waals surface area contributed by atoms with E-state index < -0.39 is 18.0 Å². The Bertz CT molecular complexity index is 835. The summed E-state index contributed by atoms with van der Waals surface area (Å²) in [7, 11) is 2.81. The number of benzene rings is 1. The zero-order chi connectivity index (χ0) is 19.4. The number of quaternary nitrogens is 1. The van der Waals surface area contributed by atoms with Gasteiger partial charge in [0, 0.05) is 5.56 Å². The molecule has 1 saturated heterocycles. The average molecular weight is 393 g/mol. The van der Waals surface area contributed by atoms with E-state index in [-0.39, 0.29) is 17.7 Å². The Morgan fingerprint density at radius 2 is 2.07 bits per heavy atom. The number of carboxylic acid groups (broad SMARTS) is 1. The van der Waals surface area contributed by atoms with Crippen molar-refractivity contribution in [2.45, 2.75) is 18.0 Å². The fourth-order valence-electron chi connectivity index (χ4n) is 2.68. The van der Waals surface area contributed by atoms with E-state index in [1.165, 1.54) is 32.0 Å². The number of hydrogen-bond acceptors (Lipinski definition) is 8. The van der Waals surface area contributed by atoms with Gasteiger partial charge in [-0.25, -0.2) is 4.79 Å². The molecule has 0 radical (unpaired) electrons. The lowest BCUT2D eigenvalue weighted by Gasteiger charge is -2.14. The molecule has 2 aromatic rings. The Balaban J connectivity index is 1.71. The van der Waals surface area contributed by atoms with Crippen LogP contribution in [0.3, 0.4) is 0 Å². The number of rotatable bonds is 7. The van der Waals surface area contributed by atoms with Crippen LogP contribution in [0.2, 0.25) is 0 Å². The Morgan fingerprint density at radius 1 is 1.26 bits per heavy atom. The molecule has 144 valence electrons. The van der Waals surface area contributed by atoms with Crippen molar-refractivity contribution in [3.63, 3.8) is 0 Å². The minimum atomic E-state index is -1.06. The van der Waals surface area contributed by atoms with Crippen LogP contribution in [0.4, 0.5) is 0 Å². The van der Waals surface area contributed by atoms with Gasteiger partial charge in [0.25, 0.3) is 0 Å². The fourth-order valence-corrected chi connectivity index (χ4v) is 3.98. The first-order valence-electron chi connectivity index (χ1n) is 8.17. The van der Waals surface area contributed by atoms with Crippen LogP contribution in [0, 0.1) is 0 Å². The predicted octanol–water partition coefficient (Wildman–Crippen LogP) is 0.0811. The van der Waals surface area contributed by atoms with Crippen LogP contribution in [0.25, 0.3) is 0 Å². The highest BCUT2D eigenvalue weighted by Crippen LogP contribution is 2.34. The molecule has 2 atom stereocenters. The van der Waals surface area contributed by atoms with Crippen LogP contribution in [-0.2, 0) is 16.1 Å². The molecule has 0 unspecified atom stereocenters. The lowest BCUT2D eigenvalue weighted by Crippen LogP contribution is -2.90. The standard InChI is InChI=1S/C18H19NO7S/c1-23-13-5-3-10(16-19-12(9-27-16)17(20)21)7-15(13)25-8-11-4-6-14(26-11)18(22)24-2/h3-7,12,16,19H,8-9H2,1-2H3,(H,20,21)/t12-,16+/m0/s1. The molecule has 8 nitrogen and oxygen atoms in total. The highest BCUT2D eigenvalue weighted by Gasteiger charge is 2.31. The third kappa shape index (κ3) is 4.37. The summed E-state index contributed by atoms with van der Waals surface area (Å²) >= 11 is 1.53. The number of hydrogen-bond donors (Lipinski definition) is 1. The Labute approximate surface area is 159 Å². The molecule has 27 heavy (non-hydrogen) atoms. The summed E-state index contributed by atoms with van der Waals surface area (Å²) in [5.41, 5.74) is 0.911. The van der Waals surface area contributed by atoms with Gasteiger partial charge in [-0.3, -0.25) is 0 Å². The molecule has 2 N–H and O–H groups in total. The van der Waals surface area contributed by atoms with Gasteiger partial charge >= 0.3 is 5.97 Å². The molecule has 0 aliphatic carbocycles. The smallest absolute Gasteiger partial charge is 0.373 e. The summed E-state index contributed by atoms with van der Waals surface area (Å²) in [6.07, 6.45) is 0. The highest BCUT2D eigenvalue weighted by molar-refractivity contribution is 7.99. The van der Waals surface area contributed by atoms with Gasteiger partial charge in [0.2, 0.25) is 5.76 Å². The third-order valence-corrected chi connectivity index (χ3v) is 5.44. The number of carbonyl (C=O) groups is 2. The lowest BCUT2D eigenvalue weighted by atomic mass is 10.2. The Kier molecular flexibility index (Phi) is 5.92. The van der Waals surface area contributed by atoms with E-state index in [2.05, 4.69) is 4.74 Å². The quantitative estimate of drug-likeness (QED) is 0.658. The summed E-state index contributed by atoms with van der Waals surface area (Å²) in [6.45, 7) is 0.0972. The highest BCUT2D eigenvalue weighted by atomic mass is 32.2. The second kappa shape index (κ2) is 8.36. The van der Waals surface area contributed by atoms with E-state index in [0.29, 0.717) is 23.0 Å². The first-order valence-corrected chi connectivity index (χ1v) is 9.22. The van der Waals surface area contributed by atoms with Gasteiger partial charge < -0.3 is 33.8 Å². The van der Waals surface area contributed by atoms with Crippen molar-refractivity contribution in [2.24, 2.45) is 0 Å². The maximum atomic E-state index is 11.4. The Hall–Kier alpha value is -2.65. The van der Waals surface area contributed by atoms with E-state index in [0.717, 1.165) is 5.56 Å². The second-order valence-corrected chi connectivity index (χ2v) is 7.00. The molecule has 0 bridgehead atoms. The van der Waals surface area contributed by atoms with Crippen LogP contribution in [0.1, 0.15) is 27.3 Å². The van der Waals surface area contributed by atoms with Crippen molar-refractivity contribution in [2.75, 3.05) is 20.0 Å². The molecule has 0 spiro atoms. The molecule has 1 aromatic heterocycles. The van der Waals surface area contributed by atoms with Crippen LogP contribution < -0.4 is 19.9 Å². The molecule has 2 heterocycles. The number of aliphatic carboxylic acids is 1. The molecular formula is C18H19NO7S. The molecule has 9 heteroatoms. The van der Waals surface area contributed by atoms with Gasteiger partial charge in [-0.15, -0.1) is 0 Å². The van der Waals surface area contributed by atoms with Crippen molar-refractivity contribution in [1.82, 2.24) is 0 Å². The van der Waals surface area contributed by atoms with E-state index in [9.17, 15) is 14.7 Å². The topological polar surface area (TPSA) is 115 Å². The van der Waals surface area contributed by atoms with Gasteiger partial charge in [0.05, 0.1) is 20.0 Å². The van der Waals surface area contributed by atoms with E-state index in [1.54, 1.807) is 17.4 Å². The molecule has 0 amide bonds. The van der Waals surface area contributed by atoms with Gasteiger partial charge in [0.1, 0.15) is 24.4 Å². The maximum absolute atomic E-state index is 11.4. The number of ether oxygens (including phenoxy) is 3. The number of carbonyl (C=O) groups excluding carboxylic acids is 2. The Morgan fingerprint density at radius 3 is 2.74 bits per heavy atom. The average Bonchev–Trinajstić information content (AvgIpc) is 3.35. The number of nitrogens with two attached hydrogens (primary N) is 1. The van der Waals surface area contributed by atoms with Crippen molar-refractivity contribution >= 4 is 23.7 Å². The first kappa shape index (κ1) is 19.1. The fraction of sp³-hybridized carbons (Fsp3) is 0.333. The monoisotopic (exact) mass is 393 g/mol. The van der Waals surface area contributed by atoms with E-state index >= 15 is 0 Å². The summed E-state index contributed by atoms with van der Waals surface area (Å²) in [5.74, 6) is 0.461. The van der Waals surface area contributed by atoms with Crippen LogP contribution in [-0.4, -0.2) is 38.0 Å². The number of esters is 1. The van der Waals surface area contributed by atoms with Gasteiger partial charge in [-0.05, 0) is 30.3 Å². The maximum Gasteiger partial charge on any atom is 0.373 e. The van der Waals surface area contributed by atoms with Crippen LogP contribution >= 0.6 is 11.8 Å².